The van der Waals surface area contributed by atoms with Gasteiger partial charge in [-0.25, -0.2) is 9.50 Å². The van der Waals surface area contributed by atoms with Crippen LogP contribution in [0.3, 0.4) is 0 Å². The van der Waals surface area contributed by atoms with Crippen molar-refractivity contribution in [2.75, 3.05) is 0 Å². The van der Waals surface area contributed by atoms with Crippen molar-refractivity contribution < 1.29 is 4.42 Å². The van der Waals surface area contributed by atoms with Crippen molar-refractivity contribution in [3.63, 3.8) is 0 Å². The lowest BCUT2D eigenvalue weighted by Crippen LogP contribution is -2.15. The third kappa shape index (κ3) is 2.35. The second kappa shape index (κ2) is 5.79. The third-order valence-electron chi connectivity index (χ3n) is 4.44. The first kappa shape index (κ1) is 14.8. The van der Waals surface area contributed by atoms with E-state index in [1.807, 2.05) is 54.6 Å². The summed E-state index contributed by atoms with van der Waals surface area (Å²) in [6.07, 6.45) is 5.22. The highest BCUT2D eigenvalue weighted by Gasteiger charge is 2.15. The van der Waals surface area contributed by atoms with Crippen molar-refractivity contribution in [1.29, 1.82) is 0 Å². The van der Waals surface area contributed by atoms with Gasteiger partial charge in [0.25, 0.3) is 0 Å². The lowest BCUT2D eigenvalue weighted by molar-refractivity contribution is 0.624. The number of fused-ring (bicyclic) bond motifs is 2. The fraction of sp³-hybridized carbons (Fsp3) is 0.0500. The molecule has 1 aromatic carbocycles. The Balaban J connectivity index is 1.63. The zero-order valence-corrected chi connectivity index (χ0v) is 13.8. The Kier molecular flexibility index (Phi) is 3.29. The van der Waals surface area contributed by atoms with Gasteiger partial charge in [0.05, 0.1) is 17.9 Å². The summed E-state index contributed by atoms with van der Waals surface area (Å²) in [5.41, 5.74) is 10.5. The van der Waals surface area contributed by atoms with E-state index < -0.39 is 0 Å². The number of pyridine rings is 1. The number of para-hydroxylation sites is 1. The van der Waals surface area contributed by atoms with Crippen molar-refractivity contribution in [2.45, 2.75) is 6.04 Å². The maximum absolute atomic E-state index is 6.38. The molecule has 0 aliphatic rings. The van der Waals surface area contributed by atoms with Crippen LogP contribution in [0.1, 0.15) is 17.3 Å². The highest BCUT2D eigenvalue weighted by molar-refractivity contribution is 5.82. The van der Waals surface area contributed by atoms with Crippen molar-refractivity contribution in [3.8, 4) is 11.5 Å². The molecule has 0 saturated heterocycles. The van der Waals surface area contributed by atoms with Crippen LogP contribution >= 0.6 is 0 Å². The summed E-state index contributed by atoms with van der Waals surface area (Å²) in [5, 5.41) is 5.75. The largest absolute Gasteiger partial charge is 0.454 e. The number of imidazole rings is 1. The first-order valence-electron chi connectivity index (χ1n) is 8.29. The first-order chi connectivity index (χ1) is 12.8. The third-order valence-corrected chi connectivity index (χ3v) is 4.44. The van der Waals surface area contributed by atoms with Crippen molar-refractivity contribution in [1.82, 2.24) is 19.6 Å². The monoisotopic (exact) mass is 341 g/mol. The van der Waals surface area contributed by atoms with E-state index >= 15 is 0 Å². The van der Waals surface area contributed by atoms with Gasteiger partial charge in [-0.1, -0.05) is 18.2 Å². The van der Waals surface area contributed by atoms with E-state index in [9.17, 15) is 0 Å². The molecule has 6 heteroatoms. The van der Waals surface area contributed by atoms with Gasteiger partial charge in [-0.3, -0.25) is 4.98 Å². The van der Waals surface area contributed by atoms with Gasteiger partial charge in [0.1, 0.15) is 11.3 Å². The molecule has 2 N–H and O–H groups in total. The van der Waals surface area contributed by atoms with Crippen LogP contribution in [-0.4, -0.2) is 19.6 Å². The Bertz CT molecular complexity index is 1180. The zero-order valence-electron chi connectivity index (χ0n) is 13.8. The number of rotatable bonds is 3. The summed E-state index contributed by atoms with van der Waals surface area (Å²) in [5.74, 6) is 0.723. The van der Waals surface area contributed by atoms with Gasteiger partial charge in [-0.2, -0.15) is 5.10 Å². The maximum Gasteiger partial charge on any atom is 0.155 e. The Hall–Kier alpha value is -3.51. The van der Waals surface area contributed by atoms with Crippen molar-refractivity contribution in [2.24, 2.45) is 5.73 Å². The second-order valence-corrected chi connectivity index (χ2v) is 6.08. The lowest BCUT2D eigenvalue weighted by atomic mass is 10.1. The van der Waals surface area contributed by atoms with Gasteiger partial charge >= 0.3 is 0 Å². The lowest BCUT2D eigenvalue weighted by Gasteiger charge is -2.11. The average molecular weight is 341 g/mol. The quantitative estimate of drug-likeness (QED) is 0.542. The maximum atomic E-state index is 6.38. The highest BCUT2D eigenvalue weighted by atomic mass is 16.3. The predicted molar refractivity (Wildman–Crippen MR) is 98.5 cm³/mol. The van der Waals surface area contributed by atoms with Crippen LogP contribution in [0.2, 0.25) is 0 Å². The predicted octanol–water partition coefficient (Wildman–Crippen LogP) is 3.59. The number of benzene rings is 1. The molecule has 126 valence electrons. The minimum atomic E-state index is -0.340. The number of furan rings is 1. The molecule has 1 atom stereocenters. The molecule has 1 unspecified atom stereocenters. The summed E-state index contributed by atoms with van der Waals surface area (Å²) < 4.78 is 7.74. The summed E-state index contributed by atoms with van der Waals surface area (Å²) in [4.78, 5) is 8.46. The minimum Gasteiger partial charge on any atom is -0.454 e. The van der Waals surface area contributed by atoms with Gasteiger partial charge in [0.15, 0.2) is 11.4 Å². The molecule has 0 amide bonds. The van der Waals surface area contributed by atoms with E-state index in [-0.39, 0.29) is 6.04 Å². The van der Waals surface area contributed by atoms with Crippen LogP contribution < -0.4 is 5.73 Å². The van der Waals surface area contributed by atoms with Gasteiger partial charge in [-0.15, -0.1) is 0 Å². The van der Waals surface area contributed by atoms with Crippen LogP contribution in [0.5, 0.6) is 0 Å². The average Bonchev–Trinajstić information content (AvgIpc) is 3.31. The molecule has 0 aliphatic carbocycles. The van der Waals surface area contributed by atoms with E-state index in [1.165, 1.54) is 0 Å². The van der Waals surface area contributed by atoms with E-state index in [2.05, 4.69) is 9.97 Å². The molecular weight excluding hydrogens is 326 g/mol. The molecule has 5 aromatic rings. The van der Waals surface area contributed by atoms with E-state index in [0.29, 0.717) is 0 Å². The van der Waals surface area contributed by atoms with Crippen LogP contribution in [0, 0.1) is 0 Å². The topological polar surface area (TPSA) is 82.2 Å². The molecule has 0 aliphatic heterocycles. The van der Waals surface area contributed by atoms with Gasteiger partial charge in [0.2, 0.25) is 0 Å². The fourth-order valence-corrected chi connectivity index (χ4v) is 3.07. The first-order valence-corrected chi connectivity index (χ1v) is 8.29. The highest BCUT2D eigenvalue weighted by Crippen LogP contribution is 2.28. The molecule has 26 heavy (non-hydrogen) atoms. The van der Waals surface area contributed by atoms with E-state index in [4.69, 9.17) is 15.2 Å². The molecule has 4 heterocycles. The summed E-state index contributed by atoms with van der Waals surface area (Å²) in [6.45, 7) is 0. The van der Waals surface area contributed by atoms with Crippen LogP contribution in [-0.2, 0) is 0 Å². The summed E-state index contributed by atoms with van der Waals surface area (Å²) in [6, 6.07) is 17.2. The molecule has 4 aromatic heterocycles. The smallest absolute Gasteiger partial charge is 0.155 e. The summed E-state index contributed by atoms with van der Waals surface area (Å²) in [7, 11) is 0. The molecule has 5 rings (SSSR count). The number of hydrogen-bond acceptors (Lipinski definition) is 5. The summed E-state index contributed by atoms with van der Waals surface area (Å²) >= 11 is 0. The van der Waals surface area contributed by atoms with E-state index in [1.54, 1.807) is 23.1 Å². The molecule has 0 saturated carbocycles. The zero-order chi connectivity index (χ0) is 17.5. The Labute approximate surface area is 148 Å². The molecule has 0 spiro atoms. The van der Waals surface area contributed by atoms with Gasteiger partial charge in [0, 0.05) is 17.8 Å². The SMILES string of the molecule is NC(c1ccncc1)c1ccc2ncc(-c3cc4ccccc4o3)n2n1. The van der Waals surface area contributed by atoms with E-state index in [0.717, 1.165) is 39.3 Å². The number of hydrogen-bond donors (Lipinski definition) is 1. The van der Waals surface area contributed by atoms with Crippen LogP contribution in [0.4, 0.5) is 0 Å². The molecule has 0 fully saturated rings. The molecule has 0 radical (unpaired) electrons. The minimum absolute atomic E-state index is 0.340. The van der Waals surface area contributed by atoms with Gasteiger partial charge in [-0.05, 0) is 42.0 Å². The number of nitrogens with two attached hydrogens (primary N) is 1. The fourth-order valence-electron chi connectivity index (χ4n) is 3.07. The normalized spacial score (nSPS) is 12.7. The Morgan fingerprint density at radius 2 is 1.85 bits per heavy atom. The van der Waals surface area contributed by atoms with Crippen LogP contribution in [0.25, 0.3) is 28.1 Å². The van der Waals surface area contributed by atoms with Crippen molar-refractivity contribution in [3.05, 3.63) is 84.4 Å². The Morgan fingerprint density at radius 1 is 1.00 bits per heavy atom. The van der Waals surface area contributed by atoms with Crippen molar-refractivity contribution >= 4 is 16.6 Å². The molecule has 6 nitrogen and oxygen atoms in total. The van der Waals surface area contributed by atoms with Gasteiger partial charge < -0.3 is 10.2 Å². The standard InChI is InChI=1S/C20H15N5O/c21-20(13-7-9-22-10-8-13)15-5-6-19-23-12-16(25(19)24-15)18-11-14-3-1-2-4-17(14)26-18/h1-12,20H,21H2. The molecular formula is C20H15N5O. The number of nitrogens with zero attached hydrogens (tertiary/aromatic N) is 4. The Morgan fingerprint density at radius 3 is 2.69 bits per heavy atom. The van der Waals surface area contributed by atoms with Crippen LogP contribution in [0.15, 0.2) is 77.6 Å². The number of aromatic nitrogens is 4. The molecule has 0 bridgehead atoms. The second-order valence-electron chi connectivity index (χ2n) is 6.08.